The number of amides is 1. The van der Waals surface area contributed by atoms with Gasteiger partial charge in [0.05, 0.1) is 22.3 Å². The minimum atomic E-state index is -4.69. The average molecular weight is 642 g/mol. The van der Waals surface area contributed by atoms with Gasteiger partial charge in [-0.3, -0.25) is 24.3 Å². The number of anilines is 2. The summed E-state index contributed by atoms with van der Waals surface area (Å²) in [5.74, 6) is -1.05. The number of nitrogen functional groups attached to an aromatic ring is 1. The van der Waals surface area contributed by atoms with Crippen LogP contribution in [-0.2, 0) is 34.1 Å². The van der Waals surface area contributed by atoms with Gasteiger partial charge in [-0.15, -0.1) is 0 Å². The summed E-state index contributed by atoms with van der Waals surface area (Å²) in [7, 11) is -3.95. The first-order valence-corrected chi connectivity index (χ1v) is 15.0. The van der Waals surface area contributed by atoms with Crippen molar-refractivity contribution in [1.82, 2.24) is 19.6 Å². The van der Waals surface area contributed by atoms with Gasteiger partial charge in [0.2, 0.25) is 5.91 Å². The van der Waals surface area contributed by atoms with Crippen molar-refractivity contribution in [3.63, 3.8) is 0 Å². The zero-order valence-corrected chi connectivity index (χ0v) is 25.0. The monoisotopic (exact) mass is 641 g/mol. The number of amidine groups is 1. The van der Waals surface area contributed by atoms with Gasteiger partial charge in [-0.05, 0) is 49.7 Å². The predicted octanol–water partition coefficient (Wildman–Crippen LogP) is 3.95. The van der Waals surface area contributed by atoms with E-state index in [9.17, 15) is 31.2 Å². The molecular formula is C30H30F3N7O4S. The van der Waals surface area contributed by atoms with Gasteiger partial charge >= 0.3 is 6.18 Å². The molecule has 0 spiro atoms. The van der Waals surface area contributed by atoms with Crippen LogP contribution in [0.1, 0.15) is 30.5 Å². The Balaban J connectivity index is 1.51. The number of carbonyl (C=O) groups is 1. The predicted molar refractivity (Wildman–Crippen MR) is 164 cm³/mol. The number of nitrogens with one attached hydrogen (secondary N) is 4. The fraction of sp³-hybridized carbons (Fsp3) is 0.200. The fourth-order valence-electron chi connectivity index (χ4n) is 4.25. The Kier molecular flexibility index (Phi) is 9.61. The molecule has 4 rings (SSSR count). The Morgan fingerprint density at radius 3 is 2.33 bits per heavy atom. The maximum atomic E-state index is 13.5. The molecule has 3 aromatic carbocycles. The van der Waals surface area contributed by atoms with E-state index in [0.717, 1.165) is 16.7 Å². The van der Waals surface area contributed by atoms with E-state index in [1.165, 1.54) is 36.5 Å². The van der Waals surface area contributed by atoms with Crippen LogP contribution in [0.2, 0.25) is 0 Å². The van der Waals surface area contributed by atoms with Gasteiger partial charge < -0.3 is 16.4 Å². The molecule has 0 atom stereocenters. The number of hydrogen-bond donors (Lipinski definition) is 5. The molecule has 236 valence electrons. The second-order valence-electron chi connectivity index (χ2n) is 10.3. The van der Waals surface area contributed by atoms with Crippen LogP contribution in [0.25, 0.3) is 11.3 Å². The number of nitrogens with zero attached hydrogens (tertiary/aromatic N) is 2. The Morgan fingerprint density at radius 1 is 1.04 bits per heavy atom. The number of nitrogens with two attached hydrogens (primary N) is 1. The summed E-state index contributed by atoms with van der Waals surface area (Å²) in [5.41, 5.74) is 4.61. The van der Waals surface area contributed by atoms with Crippen LogP contribution in [0, 0.1) is 5.41 Å². The SMILES string of the molecule is CC(C)Nc1ncc(-c2cc(N)cc(C(F)(F)F)c2)n(CC(=O)NCc2ccc(C(=N)NS(=O)(=O)c3ccccc3)cc2)c1=O. The van der Waals surface area contributed by atoms with Crippen LogP contribution in [0.5, 0.6) is 0 Å². The second kappa shape index (κ2) is 13.2. The third-order valence-electron chi connectivity index (χ3n) is 6.38. The molecule has 0 bridgehead atoms. The van der Waals surface area contributed by atoms with Crippen molar-refractivity contribution in [3.8, 4) is 11.3 Å². The standard InChI is InChI=1S/C30H30F3N7O4S/c1-18(2)38-28-29(42)40(25(16-37-28)21-12-22(30(31,32)33)14-23(34)13-21)17-26(41)36-15-19-8-10-20(11-9-19)27(35)39-45(43,44)24-6-4-3-5-7-24/h3-14,16,18H,15,17,34H2,1-2H3,(H2,35,39)(H,36,41)(H,37,38). The molecule has 0 aliphatic rings. The summed E-state index contributed by atoms with van der Waals surface area (Å²) >= 11 is 0. The minimum absolute atomic E-state index is 0.00493. The van der Waals surface area contributed by atoms with Gasteiger partial charge in [0, 0.05) is 29.4 Å². The molecule has 1 amide bonds. The number of carbonyl (C=O) groups excluding carboxylic acids is 1. The highest BCUT2D eigenvalue weighted by Crippen LogP contribution is 2.34. The van der Waals surface area contributed by atoms with Gasteiger partial charge in [-0.2, -0.15) is 13.2 Å². The molecule has 45 heavy (non-hydrogen) atoms. The molecule has 0 radical (unpaired) electrons. The van der Waals surface area contributed by atoms with Gasteiger partial charge in [-0.25, -0.2) is 13.4 Å². The molecule has 11 nitrogen and oxygen atoms in total. The van der Waals surface area contributed by atoms with Crippen LogP contribution >= 0.6 is 0 Å². The van der Waals surface area contributed by atoms with Crippen molar-refractivity contribution in [2.24, 2.45) is 0 Å². The number of hydrogen-bond acceptors (Lipinski definition) is 8. The van der Waals surface area contributed by atoms with Crippen LogP contribution < -0.4 is 26.6 Å². The van der Waals surface area contributed by atoms with Crippen LogP contribution in [0.4, 0.5) is 24.7 Å². The van der Waals surface area contributed by atoms with Crippen LogP contribution in [0.15, 0.2) is 88.7 Å². The van der Waals surface area contributed by atoms with Crippen molar-refractivity contribution in [1.29, 1.82) is 5.41 Å². The van der Waals surface area contributed by atoms with E-state index in [1.54, 1.807) is 44.2 Å². The van der Waals surface area contributed by atoms with E-state index in [0.29, 0.717) is 5.56 Å². The smallest absolute Gasteiger partial charge is 0.399 e. The quantitative estimate of drug-likeness (QED) is 0.0991. The van der Waals surface area contributed by atoms with Crippen molar-refractivity contribution in [2.45, 2.75) is 44.1 Å². The van der Waals surface area contributed by atoms with E-state index in [4.69, 9.17) is 11.1 Å². The zero-order valence-electron chi connectivity index (χ0n) is 24.1. The molecular weight excluding hydrogens is 611 g/mol. The molecule has 15 heteroatoms. The third kappa shape index (κ3) is 8.26. The fourth-order valence-corrected chi connectivity index (χ4v) is 5.27. The molecule has 6 N–H and O–H groups in total. The first kappa shape index (κ1) is 32.7. The van der Waals surface area contributed by atoms with Crippen molar-refractivity contribution < 1.29 is 26.4 Å². The highest BCUT2D eigenvalue weighted by Gasteiger charge is 2.31. The Bertz CT molecular complexity index is 1880. The number of aromatic nitrogens is 2. The average Bonchev–Trinajstić information content (AvgIpc) is 2.97. The molecule has 0 fully saturated rings. The molecule has 0 saturated heterocycles. The van der Waals surface area contributed by atoms with Crippen LogP contribution in [-0.4, -0.2) is 35.8 Å². The maximum Gasteiger partial charge on any atom is 0.416 e. The highest BCUT2D eigenvalue weighted by molar-refractivity contribution is 7.90. The molecule has 1 aromatic heterocycles. The van der Waals surface area contributed by atoms with Crippen molar-refractivity contribution in [3.05, 3.63) is 106 Å². The largest absolute Gasteiger partial charge is 0.416 e. The lowest BCUT2D eigenvalue weighted by molar-refractivity contribution is -0.137. The first-order chi connectivity index (χ1) is 21.1. The number of alkyl halides is 3. The van der Waals surface area contributed by atoms with E-state index in [1.807, 2.05) is 0 Å². The Labute approximate surface area is 256 Å². The number of rotatable bonds is 10. The lowest BCUT2D eigenvalue weighted by atomic mass is 10.1. The molecule has 0 aliphatic heterocycles. The number of benzene rings is 3. The van der Waals surface area contributed by atoms with E-state index in [-0.39, 0.29) is 51.6 Å². The summed E-state index contributed by atoms with van der Waals surface area (Å²) in [5, 5.41) is 13.7. The lowest BCUT2D eigenvalue weighted by Gasteiger charge is -2.17. The summed E-state index contributed by atoms with van der Waals surface area (Å²) in [6.45, 7) is 3.00. The van der Waals surface area contributed by atoms with Gasteiger partial charge in [0.25, 0.3) is 15.6 Å². The maximum absolute atomic E-state index is 13.5. The van der Waals surface area contributed by atoms with Gasteiger partial charge in [0.15, 0.2) is 5.82 Å². The molecule has 0 saturated carbocycles. The summed E-state index contributed by atoms with van der Waals surface area (Å²) in [6, 6.07) is 16.5. The topological polar surface area (TPSA) is 172 Å². The zero-order chi connectivity index (χ0) is 32.9. The molecule has 0 aliphatic carbocycles. The first-order valence-electron chi connectivity index (χ1n) is 13.5. The minimum Gasteiger partial charge on any atom is -0.399 e. The van der Waals surface area contributed by atoms with E-state index >= 15 is 0 Å². The number of halogens is 3. The van der Waals surface area contributed by atoms with Gasteiger partial charge in [-0.1, -0.05) is 42.5 Å². The Hall–Kier alpha value is -5.18. The number of sulfonamides is 1. The second-order valence-corrected chi connectivity index (χ2v) is 12.0. The van der Waals surface area contributed by atoms with Crippen molar-refractivity contribution in [2.75, 3.05) is 11.1 Å². The summed E-state index contributed by atoms with van der Waals surface area (Å²) in [6.07, 6.45) is -3.49. The molecule has 0 unspecified atom stereocenters. The van der Waals surface area contributed by atoms with Crippen LogP contribution in [0.3, 0.4) is 0 Å². The molecule has 1 heterocycles. The Morgan fingerprint density at radius 2 is 1.71 bits per heavy atom. The van der Waals surface area contributed by atoms with E-state index in [2.05, 4.69) is 20.3 Å². The third-order valence-corrected chi connectivity index (χ3v) is 7.75. The normalized spacial score (nSPS) is 11.7. The van der Waals surface area contributed by atoms with E-state index < -0.39 is 39.8 Å². The highest BCUT2D eigenvalue weighted by atomic mass is 32.2. The summed E-state index contributed by atoms with van der Waals surface area (Å²) < 4.78 is 68.7. The summed E-state index contributed by atoms with van der Waals surface area (Å²) in [4.78, 5) is 30.4. The lowest BCUT2D eigenvalue weighted by Crippen LogP contribution is -2.35. The van der Waals surface area contributed by atoms with Crippen molar-refractivity contribution >= 4 is 33.3 Å². The molecule has 4 aromatic rings. The van der Waals surface area contributed by atoms with Gasteiger partial charge in [0.1, 0.15) is 12.4 Å².